The molecule has 0 aliphatic heterocycles. The minimum Gasteiger partial charge on any atom is -0.325 e. The fraction of sp³-hybridized carbons (Fsp3) is 0.316. The second-order valence-corrected chi connectivity index (χ2v) is 6.18. The van der Waals surface area contributed by atoms with Crippen LogP contribution in [0.25, 0.3) is 0 Å². The first kappa shape index (κ1) is 15.7. The zero-order valence-electron chi connectivity index (χ0n) is 13.5. The number of halogens is 1. The van der Waals surface area contributed by atoms with Crippen LogP contribution in [-0.4, -0.2) is 24.4 Å². The zero-order chi connectivity index (χ0) is 16.4. The molecule has 0 unspecified atom stereocenters. The predicted molar refractivity (Wildman–Crippen MR) is 89.9 cm³/mol. The van der Waals surface area contributed by atoms with Crippen molar-refractivity contribution in [2.45, 2.75) is 25.8 Å². The van der Waals surface area contributed by atoms with Crippen molar-refractivity contribution in [3.8, 4) is 0 Å². The van der Waals surface area contributed by atoms with Crippen LogP contribution in [0.15, 0.2) is 42.5 Å². The minimum atomic E-state index is -0.344. The molecule has 1 N–H and O–H groups in total. The molecule has 0 spiro atoms. The molecule has 1 amide bonds. The molecule has 1 aliphatic rings. The van der Waals surface area contributed by atoms with E-state index < -0.39 is 0 Å². The van der Waals surface area contributed by atoms with Crippen molar-refractivity contribution >= 4 is 11.6 Å². The van der Waals surface area contributed by atoms with Gasteiger partial charge in [0.15, 0.2) is 0 Å². The summed E-state index contributed by atoms with van der Waals surface area (Å²) in [5, 5.41) is 2.81. The molecule has 1 aliphatic carbocycles. The molecule has 0 aromatic heterocycles. The third kappa shape index (κ3) is 3.42. The van der Waals surface area contributed by atoms with E-state index in [2.05, 4.69) is 28.4 Å². The maximum Gasteiger partial charge on any atom is 0.238 e. The molecule has 3 rings (SSSR count). The van der Waals surface area contributed by atoms with E-state index in [1.165, 1.54) is 23.3 Å². The molecule has 1 atom stereocenters. The summed E-state index contributed by atoms with van der Waals surface area (Å²) >= 11 is 0. The van der Waals surface area contributed by atoms with Crippen molar-refractivity contribution in [2.75, 3.05) is 18.9 Å². The fourth-order valence-corrected chi connectivity index (χ4v) is 3.25. The van der Waals surface area contributed by atoms with Crippen molar-refractivity contribution in [2.24, 2.45) is 0 Å². The maximum absolute atomic E-state index is 13.3. The van der Waals surface area contributed by atoms with Crippen molar-refractivity contribution in [3.05, 3.63) is 65.0 Å². The third-order valence-corrected chi connectivity index (χ3v) is 4.50. The van der Waals surface area contributed by atoms with Gasteiger partial charge in [0.05, 0.1) is 6.54 Å². The Labute approximate surface area is 136 Å². The molecule has 3 nitrogen and oxygen atoms in total. The largest absolute Gasteiger partial charge is 0.325 e. The highest BCUT2D eigenvalue weighted by molar-refractivity contribution is 5.93. The first-order valence-electron chi connectivity index (χ1n) is 7.88. The quantitative estimate of drug-likeness (QED) is 0.934. The predicted octanol–water partition coefficient (Wildman–Crippen LogP) is 3.69. The number of aryl methyl sites for hydroxylation is 2. The van der Waals surface area contributed by atoms with Gasteiger partial charge in [0, 0.05) is 11.7 Å². The highest BCUT2D eigenvalue weighted by atomic mass is 19.1. The van der Waals surface area contributed by atoms with Gasteiger partial charge in [0.25, 0.3) is 0 Å². The normalized spacial score (nSPS) is 16.4. The molecule has 2 aromatic carbocycles. The third-order valence-electron chi connectivity index (χ3n) is 4.50. The van der Waals surface area contributed by atoms with E-state index in [0.717, 1.165) is 18.4 Å². The molecular formula is C19H21FN2O. The van der Waals surface area contributed by atoms with Crippen LogP contribution in [0, 0.1) is 12.7 Å². The van der Waals surface area contributed by atoms with Crippen LogP contribution in [0.1, 0.15) is 29.2 Å². The number of nitrogens with one attached hydrogen (secondary N) is 1. The van der Waals surface area contributed by atoms with Gasteiger partial charge >= 0.3 is 0 Å². The van der Waals surface area contributed by atoms with Gasteiger partial charge in [-0.05, 0) is 55.6 Å². The Bertz CT molecular complexity index is 729. The van der Waals surface area contributed by atoms with Crippen molar-refractivity contribution in [1.82, 2.24) is 4.90 Å². The Hall–Kier alpha value is -2.20. The van der Waals surface area contributed by atoms with Gasteiger partial charge in [-0.1, -0.05) is 30.3 Å². The monoisotopic (exact) mass is 312 g/mol. The van der Waals surface area contributed by atoms with E-state index >= 15 is 0 Å². The second-order valence-electron chi connectivity index (χ2n) is 6.18. The molecule has 0 saturated heterocycles. The molecule has 0 bridgehead atoms. The Morgan fingerprint density at radius 2 is 2.09 bits per heavy atom. The summed E-state index contributed by atoms with van der Waals surface area (Å²) in [4.78, 5) is 14.3. The number of hydrogen-bond acceptors (Lipinski definition) is 2. The lowest BCUT2D eigenvalue weighted by Crippen LogP contribution is -2.32. The molecule has 0 heterocycles. The first-order valence-corrected chi connectivity index (χ1v) is 7.88. The van der Waals surface area contributed by atoms with Crippen LogP contribution < -0.4 is 5.32 Å². The number of carbonyl (C=O) groups is 1. The number of amides is 1. The summed E-state index contributed by atoms with van der Waals surface area (Å²) in [6.45, 7) is 2.14. The van der Waals surface area contributed by atoms with E-state index in [1.807, 2.05) is 20.0 Å². The number of fused-ring (bicyclic) bond motifs is 1. The van der Waals surface area contributed by atoms with Crippen LogP contribution in [0.3, 0.4) is 0 Å². The highest BCUT2D eigenvalue weighted by Gasteiger charge is 2.26. The summed E-state index contributed by atoms with van der Waals surface area (Å²) < 4.78 is 13.3. The SMILES string of the molecule is Cc1ccc(F)cc1NC(=O)CN(C)[C@@H]1CCc2ccccc21. The van der Waals surface area contributed by atoms with Crippen LogP contribution in [0.4, 0.5) is 10.1 Å². The van der Waals surface area contributed by atoms with Gasteiger partial charge in [0.2, 0.25) is 5.91 Å². The number of likely N-dealkylation sites (N-methyl/N-ethyl adjacent to an activating group) is 1. The molecule has 4 heteroatoms. The Morgan fingerprint density at radius 1 is 1.30 bits per heavy atom. The first-order chi connectivity index (χ1) is 11.0. The number of nitrogens with zero attached hydrogens (tertiary/aromatic N) is 1. The molecule has 2 aromatic rings. The Morgan fingerprint density at radius 3 is 2.91 bits per heavy atom. The van der Waals surface area contributed by atoms with E-state index in [1.54, 1.807) is 6.07 Å². The summed E-state index contributed by atoms with van der Waals surface area (Å²) in [5.41, 5.74) is 4.07. The fourth-order valence-electron chi connectivity index (χ4n) is 3.25. The van der Waals surface area contributed by atoms with Gasteiger partial charge in [-0.25, -0.2) is 4.39 Å². The lowest BCUT2D eigenvalue weighted by atomic mass is 10.1. The number of anilines is 1. The zero-order valence-corrected chi connectivity index (χ0v) is 13.5. The number of benzene rings is 2. The minimum absolute atomic E-state index is 0.120. The summed E-state index contributed by atoms with van der Waals surface area (Å²) in [5.74, 6) is -0.463. The summed E-state index contributed by atoms with van der Waals surface area (Å²) in [7, 11) is 1.96. The van der Waals surface area contributed by atoms with E-state index in [-0.39, 0.29) is 24.3 Å². The maximum atomic E-state index is 13.3. The highest BCUT2D eigenvalue weighted by Crippen LogP contribution is 2.34. The molecule has 0 fully saturated rings. The van der Waals surface area contributed by atoms with E-state index in [4.69, 9.17) is 0 Å². The average Bonchev–Trinajstić information content (AvgIpc) is 2.95. The van der Waals surface area contributed by atoms with E-state index in [9.17, 15) is 9.18 Å². The van der Waals surface area contributed by atoms with Crippen LogP contribution in [0.2, 0.25) is 0 Å². The van der Waals surface area contributed by atoms with Gasteiger partial charge in [-0.3, -0.25) is 9.69 Å². The van der Waals surface area contributed by atoms with Gasteiger partial charge in [-0.15, -0.1) is 0 Å². The lowest BCUT2D eigenvalue weighted by molar-refractivity contribution is -0.117. The Kier molecular flexibility index (Phi) is 4.44. The molecule has 0 saturated carbocycles. The van der Waals surface area contributed by atoms with Gasteiger partial charge in [-0.2, -0.15) is 0 Å². The smallest absolute Gasteiger partial charge is 0.238 e. The van der Waals surface area contributed by atoms with Gasteiger partial charge < -0.3 is 5.32 Å². The molecular weight excluding hydrogens is 291 g/mol. The van der Waals surface area contributed by atoms with Crippen molar-refractivity contribution in [1.29, 1.82) is 0 Å². The van der Waals surface area contributed by atoms with Crippen molar-refractivity contribution < 1.29 is 9.18 Å². The number of hydrogen-bond donors (Lipinski definition) is 1. The number of rotatable bonds is 4. The second kappa shape index (κ2) is 6.50. The summed E-state index contributed by atoms with van der Waals surface area (Å²) in [6.07, 6.45) is 2.08. The molecule has 120 valence electrons. The molecule has 23 heavy (non-hydrogen) atoms. The van der Waals surface area contributed by atoms with E-state index in [0.29, 0.717) is 5.69 Å². The van der Waals surface area contributed by atoms with Crippen molar-refractivity contribution in [3.63, 3.8) is 0 Å². The standard InChI is InChI=1S/C19H21FN2O/c1-13-7-9-15(20)11-17(13)21-19(23)12-22(2)18-10-8-14-5-3-4-6-16(14)18/h3-7,9,11,18H,8,10,12H2,1-2H3,(H,21,23)/t18-/m1/s1. The topological polar surface area (TPSA) is 32.3 Å². The average molecular weight is 312 g/mol. The summed E-state index contributed by atoms with van der Waals surface area (Å²) in [6, 6.07) is 13.1. The van der Waals surface area contributed by atoms with Crippen LogP contribution >= 0.6 is 0 Å². The lowest BCUT2D eigenvalue weighted by Gasteiger charge is -2.24. The van der Waals surface area contributed by atoms with Crippen LogP contribution in [-0.2, 0) is 11.2 Å². The Balaban J connectivity index is 1.65. The van der Waals surface area contributed by atoms with Gasteiger partial charge in [0.1, 0.15) is 5.82 Å². The number of carbonyl (C=O) groups excluding carboxylic acids is 1. The molecule has 0 radical (unpaired) electrons. The van der Waals surface area contributed by atoms with Crippen LogP contribution in [0.5, 0.6) is 0 Å².